The third kappa shape index (κ3) is 5.29. The zero-order valence-electron chi connectivity index (χ0n) is 12.6. The molecule has 1 aliphatic heterocycles. The average molecular weight is 339 g/mol. The highest BCUT2D eigenvalue weighted by Crippen LogP contribution is 2.30. The Morgan fingerprint density at radius 2 is 1.95 bits per heavy atom. The van der Waals surface area contributed by atoms with Crippen molar-refractivity contribution in [2.45, 2.75) is 25.8 Å². The summed E-state index contributed by atoms with van der Waals surface area (Å²) in [5.41, 5.74) is 0.796. The molecule has 0 spiro atoms. The Morgan fingerprint density at radius 3 is 2.48 bits per heavy atom. The lowest BCUT2D eigenvalue weighted by Gasteiger charge is -2.35. The molecule has 1 saturated heterocycles. The molecule has 1 aliphatic rings. The molecule has 1 heterocycles. The number of ether oxygens (including phenoxy) is 1. The van der Waals surface area contributed by atoms with Crippen LogP contribution in [-0.2, 0) is 0 Å². The van der Waals surface area contributed by atoms with Gasteiger partial charge in [0, 0.05) is 43.9 Å². The third-order valence-electron chi connectivity index (χ3n) is 3.72. The molecule has 1 aromatic rings. The summed E-state index contributed by atoms with van der Waals surface area (Å²) in [4.78, 5) is 2.38. The van der Waals surface area contributed by atoms with Gasteiger partial charge in [-0.25, -0.2) is 4.39 Å². The lowest BCUT2D eigenvalue weighted by molar-refractivity contribution is 0.161. The maximum Gasteiger partial charge on any atom is 0.131 e. The minimum Gasteiger partial charge on any atom is -0.497 e. The number of piperazine rings is 1. The maximum absolute atomic E-state index is 14.2. The molecule has 0 aliphatic carbocycles. The number of nitrogens with one attached hydrogen (secondary N) is 1. The van der Waals surface area contributed by atoms with Gasteiger partial charge in [0.15, 0.2) is 0 Å². The molecule has 1 atom stereocenters. The molecule has 1 N–H and O–H groups in total. The second-order valence-electron chi connectivity index (χ2n) is 4.98. The van der Waals surface area contributed by atoms with Gasteiger partial charge in [0.2, 0.25) is 0 Å². The van der Waals surface area contributed by atoms with Crippen molar-refractivity contribution < 1.29 is 9.13 Å². The Balaban J connectivity index is 0.00000200. The zero-order chi connectivity index (χ0) is 13.7. The van der Waals surface area contributed by atoms with E-state index < -0.39 is 0 Å². The van der Waals surface area contributed by atoms with E-state index >= 15 is 0 Å². The van der Waals surface area contributed by atoms with E-state index in [1.54, 1.807) is 7.11 Å². The molecule has 3 nitrogen and oxygen atoms in total. The van der Waals surface area contributed by atoms with E-state index in [1.165, 1.54) is 6.07 Å². The Hall–Kier alpha value is -0.550. The van der Waals surface area contributed by atoms with Gasteiger partial charge in [0.05, 0.1) is 7.11 Å². The van der Waals surface area contributed by atoms with Gasteiger partial charge in [-0.1, -0.05) is 19.4 Å². The normalized spacial score (nSPS) is 16.5. The Labute approximate surface area is 139 Å². The van der Waals surface area contributed by atoms with Crippen molar-refractivity contribution in [1.82, 2.24) is 10.2 Å². The van der Waals surface area contributed by atoms with Crippen LogP contribution in [0.25, 0.3) is 0 Å². The summed E-state index contributed by atoms with van der Waals surface area (Å²) in [6.45, 7) is 6.08. The van der Waals surface area contributed by atoms with Crippen LogP contribution in [-0.4, -0.2) is 38.2 Å². The highest BCUT2D eigenvalue weighted by Gasteiger charge is 2.23. The van der Waals surface area contributed by atoms with Crippen molar-refractivity contribution in [2.75, 3.05) is 33.3 Å². The average Bonchev–Trinajstić information content (AvgIpc) is 2.46. The Bertz CT molecular complexity index is 415. The van der Waals surface area contributed by atoms with Gasteiger partial charge in [-0.3, -0.25) is 4.90 Å². The summed E-state index contributed by atoms with van der Waals surface area (Å²) in [5, 5.41) is 3.34. The monoisotopic (exact) mass is 338 g/mol. The number of hydrogen-bond acceptors (Lipinski definition) is 3. The maximum atomic E-state index is 14.2. The molecular formula is C15H25Cl2FN2O. The molecular weight excluding hydrogens is 314 g/mol. The van der Waals surface area contributed by atoms with Crippen molar-refractivity contribution in [2.24, 2.45) is 0 Å². The standard InChI is InChI=1S/C15H23FN2O.2ClH/c1-3-4-15(18-9-7-17-8-10-18)13-6-5-12(19-2)11-14(13)16;;/h5-6,11,15,17H,3-4,7-10H2,1-2H3;2*1H/t15-;;/m1../s1. The van der Waals surface area contributed by atoms with E-state index in [0.717, 1.165) is 44.6 Å². The summed E-state index contributed by atoms with van der Waals surface area (Å²) in [7, 11) is 1.56. The fourth-order valence-electron chi connectivity index (χ4n) is 2.71. The smallest absolute Gasteiger partial charge is 0.131 e. The first kappa shape index (κ1) is 20.5. The predicted octanol–water partition coefficient (Wildman–Crippen LogP) is 3.42. The fourth-order valence-corrected chi connectivity index (χ4v) is 2.71. The summed E-state index contributed by atoms with van der Waals surface area (Å²) < 4.78 is 19.3. The van der Waals surface area contributed by atoms with Crippen LogP contribution in [0.15, 0.2) is 18.2 Å². The Kier molecular flexibility index (Phi) is 9.95. The summed E-state index contributed by atoms with van der Waals surface area (Å²) in [5.74, 6) is 0.424. The number of benzene rings is 1. The second kappa shape index (κ2) is 10.2. The fraction of sp³-hybridized carbons (Fsp3) is 0.600. The van der Waals surface area contributed by atoms with E-state index in [2.05, 4.69) is 17.1 Å². The van der Waals surface area contributed by atoms with E-state index in [1.807, 2.05) is 12.1 Å². The molecule has 0 aromatic heterocycles. The van der Waals surface area contributed by atoms with Gasteiger partial charge in [-0.2, -0.15) is 0 Å². The lowest BCUT2D eigenvalue weighted by Crippen LogP contribution is -2.45. The van der Waals surface area contributed by atoms with Crippen molar-refractivity contribution in [1.29, 1.82) is 0 Å². The number of halogens is 3. The highest BCUT2D eigenvalue weighted by atomic mass is 35.5. The van der Waals surface area contributed by atoms with Crippen LogP contribution in [0.4, 0.5) is 4.39 Å². The van der Waals surface area contributed by atoms with Gasteiger partial charge in [0.25, 0.3) is 0 Å². The largest absolute Gasteiger partial charge is 0.497 e. The first-order valence-corrected chi connectivity index (χ1v) is 7.04. The van der Waals surface area contributed by atoms with Crippen LogP contribution >= 0.6 is 24.8 Å². The van der Waals surface area contributed by atoms with E-state index in [4.69, 9.17) is 4.74 Å². The van der Waals surface area contributed by atoms with E-state index in [0.29, 0.717) is 5.75 Å². The molecule has 2 rings (SSSR count). The Morgan fingerprint density at radius 1 is 1.29 bits per heavy atom. The highest BCUT2D eigenvalue weighted by molar-refractivity contribution is 5.85. The van der Waals surface area contributed by atoms with Crippen LogP contribution in [0.5, 0.6) is 5.75 Å². The van der Waals surface area contributed by atoms with Crippen molar-refractivity contribution in [3.63, 3.8) is 0 Å². The van der Waals surface area contributed by atoms with Gasteiger partial charge < -0.3 is 10.1 Å². The number of methoxy groups -OCH3 is 1. The summed E-state index contributed by atoms with van der Waals surface area (Å²) >= 11 is 0. The molecule has 21 heavy (non-hydrogen) atoms. The summed E-state index contributed by atoms with van der Waals surface area (Å²) in [6, 6.07) is 5.39. The first-order valence-electron chi connectivity index (χ1n) is 7.04. The first-order chi connectivity index (χ1) is 9.26. The van der Waals surface area contributed by atoms with Crippen LogP contribution < -0.4 is 10.1 Å². The quantitative estimate of drug-likeness (QED) is 0.890. The molecule has 1 aromatic carbocycles. The van der Waals surface area contributed by atoms with Crippen LogP contribution in [0.3, 0.4) is 0 Å². The van der Waals surface area contributed by atoms with Gasteiger partial charge in [0.1, 0.15) is 11.6 Å². The zero-order valence-corrected chi connectivity index (χ0v) is 14.2. The minimum atomic E-state index is -0.156. The minimum absolute atomic E-state index is 0. The van der Waals surface area contributed by atoms with Crippen LogP contribution in [0.1, 0.15) is 31.4 Å². The molecule has 0 bridgehead atoms. The molecule has 6 heteroatoms. The van der Waals surface area contributed by atoms with Gasteiger partial charge in [-0.05, 0) is 12.5 Å². The summed E-state index contributed by atoms with van der Waals surface area (Å²) in [6.07, 6.45) is 2.04. The predicted molar refractivity (Wildman–Crippen MR) is 89.5 cm³/mol. The van der Waals surface area contributed by atoms with Crippen molar-refractivity contribution >= 4 is 24.8 Å². The molecule has 122 valence electrons. The number of hydrogen-bond donors (Lipinski definition) is 1. The van der Waals surface area contributed by atoms with E-state index in [-0.39, 0.29) is 36.7 Å². The van der Waals surface area contributed by atoms with Crippen molar-refractivity contribution in [3.8, 4) is 5.75 Å². The topological polar surface area (TPSA) is 24.5 Å². The van der Waals surface area contributed by atoms with Gasteiger partial charge >= 0.3 is 0 Å². The molecule has 0 radical (unpaired) electrons. The molecule has 0 saturated carbocycles. The molecule has 0 amide bonds. The van der Waals surface area contributed by atoms with Crippen LogP contribution in [0, 0.1) is 5.82 Å². The molecule has 1 fully saturated rings. The SMILES string of the molecule is CCC[C@H](c1ccc(OC)cc1F)N1CCNCC1.Cl.Cl. The van der Waals surface area contributed by atoms with E-state index in [9.17, 15) is 4.39 Å². The number of nitrogens with zero attached hydrogens (tertiary/aromatic N) is 1. The van der Waals surface area contributed by atoms with Gasteiger partial charge in [-0.15, -0.1) is 24.8 Å². The number of rotatable bonds is 5. The lowest BCUT2D eigenvalue weighted by atomic mass is 9.99. The molecule has 0 unspecified atom stereocenters. The third-order valence-corrected chi connectivity index (χ3v) is 3.72. The van der Waals surface area contributed by atoms with Crippen LogP contribution in [0.2, 0.25) is 0 Å². The van der Waals surface area contributed by atoms with Crippen molar-refractivity contribution in [3.05, 3.63) is 29.6 Å². The second-order valence-corrected chi connectivity index (χ2v) is 4.98.